The molecular weight excluding hydrogens is 294 g/mol. The van der Waals surface area contributed by atoms with Gasteiger partial charge in [0.2, 0.25) is 5.91 Å². The fraction of sp³-hybridized carbons (Fsp3) is 0.353. The molecule has 6 heteroatoms. The van der Waals surface area contributed by atoms with Crippen LogP contribution in [-0.2, 0) is 4.79 Å². The molecule has 118 valence electrons. The number of hydrogen-bond acceptors (Lipinski definition) is 5. The van der Waals surface area contributed by atoms with Gasteiger partial charge in [0.25, 0.3) is 0 Å². The molecule has 0 aromatic carbocycles. The van der Waals surface area contributed by atoms with Gasteiger partial charge in [-0.1, -0.05) is 0 Å². The zero-order chi connectivity index (χ0) is 15.8. The Morgan fingerprint density at radius 1 is 1.26 bits per heavy atom. The van der Waals surface area contributed by atoms with Gasteiger partial charge in [-0.15, -0.1) is 0 Å². The van der Waals surface area contributed by atoms with Gasteiger partial charge < -0.3 is 15.1 Å². The normalized spacial score (nSPS) is 16.9. The highest BCUT2D eigenvalue weighted by Gasteiger charge is 2.31. The fourth-order valence-electron chi connectivity index (χ4n) is 2.39. The topological polar surface area (TPSA) is 84.2 Å². The van der Waals surface area contributed by atoms with Crippen molar-refractivity contribution < 1.29 is 9.21 Å². The minimum atomic E-state index is -0.538. The SMILES string of the molecule is O=C(Nc1c(NC2CC2)cc(-c2cccnc2)oc1=O)C1CC1. The first-order valence-electron chi connectivity index (χ1n) is 7.86. The molecule has 0 saturated heterocycles. The minimum Gasteiger partial charge on any atom is -0.421 e. The summed E-state index contributed by atoms with van der Waals surface area (Å²) in [6.07, 6.45) is 7.21. The van der Waals surface area contributed by atoms with Gasteiger partial charge in [0.15, 0.2) is 5.69 Å². The highest BCUT2D eigenvalue weighted by molar-refractivity contribution is 5.97. The number of carbonyl (C=O) groups excluding carboxylic acids is 1. The third kappa shape index (κ3) is 3.11. The second-order valence-electron chi connectivity index (χ2n) is 6.11. The summed E-state index contributed by atoms with van der Waals surface area (Å²) < 4.78 is 5.39. The summed E-state index contributed by atoms with van der Waals surface area (Å²) in [5.74, 6) is 0.363. The van der Waals surface area contributed by atoms with Gasteiger partial charge in [-0.25, -0.2) is 4.79 Å². The van der Waals surface area contributed by atoms with Crippen molar-refractivity contribution in [2.24, 2.45) is 5.92 Å². The molecule has 2 aliphatic rings. The molecule has 0 bridgehead atoms. The Morgan fingerprint density at radius 2 is 2.09 bits per heavy atom. The van der Waals surface area contributed by atoms with Crippen molar-refractivity contribution in [2.75, 3.05) is 10.6 Å². The summed E-state index contributed by atoms with van der Waals surface area (Å²) in [6.45, 7) is 0. The number of carbonyl (C=O) groups is 1. The van der Waals surface area contributed by atoms with Crippen LogP contribution in [0.1, 0.15) is 25.7 Å². The van der Waals surface area contributed by atoms with E-state index < -0.39 is 5.63 Å². The molecule has 2 heterocycles. The van der Waals surface area contributed by atoms with Gasteiger partial charge in [0.1, 0.15) is 5.76 Å². The van der Waals surface area contributed by atoms with E-state index in [1.165, 1.54) is 0 Å². The highest BCUT2D eigenvalue weighted by Crippen LogP contribution is 2.33. The van der Waals surface area contributed by atoms with E-state index in [0.717, 1.165) is 31.2 Å². The first kappa shape index (κ1) is 14.0. The maximum Gasteiger partial charge on any atom is 0.362 e. The molecule has 6 nitrogen and oxygen atoms in total. The number of nitrogens with one attached hydrogen (secondary N) is 2. The van der Waals surface area contributed by atoms with Gasteiger partial charge in [0, 0.05) is 36.0 Å². The molecule has 4 rings (SSSR count). The number of nitrogens with zero attached hydrogens (tertiary/aromatic N) is 1. The lowest BCUT2D eigenvalue weighted by Gasteiger charge is -2.12. The van der Waals surface area contributed by atoms with Gasteiger partial charge in [-0.05, 0) is 37.8 Å². The van der Waals surface area contributed by atoms with Crippen molar-refractivity contribution in [1.82, 2.24) is 4.98 Å². The van der Waals surface area contributed by atoms with E-state index in [1.807, 2.05) is 6.07 Å². The average molecular weight is 311 g/mol. The van der Waals surface area contributed by atoms with Crippen molar-refractivity contribution in [2.45, 2.75) is 31.7 Å². The summed E-state index contributed by atoms with van der Waals surface area (Å²) in [5.41, 5.74) is 1.02. The van der Waals surface area contributed by atoms with E-state index in [4.69, 9.17) is 4.42 Å². The Labute approximate surface area is 132 Å². The molecular formula is C17H17N3O3. The number of rotatable bonds is 5. The molecule has 1 amide bonds. The maximum atomic E-state index is 12.4. The number of aromatic nitrogens is 1. The first-order chi connectivity index (χ1) is 11.2. The average Bonchev–Trinajstić information content (AvgIpc) is 3.45. The number of pyridine rings is 1. The van der Waals surface area contributed by atoms with Crippen molar-refractivity contribution in [1.29, 1.82) is 0 Å². The molecule has 2 saturated carbocycles. The van der Waals surface area contributed by atoms with Crippen LogP contribution in [0.3, 0.4) is 0 Å². The van der Waals surface area contributed by atoms with Crippen molar-refractivity contribution in [3.05, 3.63) is 41.0 Å². The minimum absolute atomic E-state index is 0.0289. The van der Waals surface area contributed by atoms with Crippen LogP contribution in [0.4, 0.5) is 11.4 Å². The molecule has 0 atom stereocenters. The maximum absolute atomic E-state index is 12.4. The summed E-state index contributed by atoms with van der Waals surface area (Å²) in [6, 6.07) is 5.73. The molecule has 2 N–H and O–H groups in total. The second kappa shape index (κ2) is 5.53. The van der Waals surface area contributed by atoms with Crippen molar-refractivity contribution in [3.8, 4) is 11.3 Å². The van der Waals surface area contributed by atoms with Crippen LogP contribution in [0.15, 0.2) is 39.8 Å². The van der Waals surface area contributed by atoms with E-state index in [0.29, 0.717) is 17.5 Å². The Hall–Kier alpha value is -2.63. The molecule has 2 aliphatic carbocycles. The molecule has 23 heavy (non-hydrogen) atoms. The lowest BCUT2D eigenvalue weighted by Crippen LogP contribution is -2.21. The van der Waals surface area contributed by atoms with Crippen LogP contribution in [0, 0.1) is 5.92 Å². The van der Waals surface area contributed by atoms with E-state index in [9.17, 15) is 9.59 Å². The number of amides is 1. The van der Waals surface area contributed by atoms with Crippen LogP contribution >= 0.6 is 0 Å². The molecule has 0 unspecified atom stereocenters. The van der Waals surface area contributed by atoms with Crippen LogP contribution in [0.25, 0.3) is 11.3 Å². The van der Waals surface area contributed by atoms with E-state index in [2.05, 4.69) is 15.6 Å². The molecule has 2 aromatic heterocycles. The van der Waals surface area contributed by atoms with Gasteiger partial charge in [0.05, 0.1) is 5.69 Å². The molecule has 0 spiro atoms. The Bertz CT molecular complexity index is 792. The number of hydrogen-bond donors (Lipinski definition) is 2. The third-order valence-corrected chi connectivity index (χ3v) is 4.03. The predicted molar refractivity (Wildman–Crippen MR) is 86.2 cm³/mol. The van der Waals surface area contributed by atoms with Crippen molar-refractivity contribution in [3.63, 3.8) is 0 Å². The zero-order valence-corrected chi connectivity index (χ0v) is 12.5. The predicted octanol–water partition coefficient (Wildman–Crippen LogP) is 2.62. The van der Waals surface area contributed by atoms with Gasteiger partial charge in [-0.3, -0.25) is 9.78 Å². The second-order valence-corrected chi connectivity index (χ2v) is 6.11. The van der Waals surface area contributed by atoms with E-state index >= 15 is 0 Å². The van der Waals surface area contributed by atoms with Crippen molar-refractivity contribution >= 4 is 17.3 Å². The van der Waals surface area contributed by atoms with E-state index in [1.54, 1.807) is 24.5 Å². The summed E-state index contributed by atoms with van der Waals surface area (Å²) in [4.78, 5) is 28.4. The number of anilines is 2. The quantitative estimate of drug-likeness (QED) is 0.886. The van der Waals surface area contributed by atoms with Gasteiger partial charge in [-0.2, -0.15) is 0 Å². The Balaban J connectivity index is 1.72. The van der Waals surface area contributed by atoms with E-state index in [-0.39, 0.29) is 17.5 Å². The fourth-order valence-corrected chi connectivity index (χ4v) is 2.39. The lowest BCUT2D eigenvalue weighted by atomic mass is 10.2. The largest absolute Gasteiger partial charge is 0.421 e. The standard InChI is InChI=1S/C17H17N3O3/c21-16(10-3-4-10)20-15-13(19-12-5-6-12)8-14(23-17(15)22)11-2-1-7-18-9-11/h1-2,7-10,12,19H,3-6H2,(H,20,21). The Morgan fingerprint density at radius 3 is 2.74 bits per heavy atom. The third-order valence-electron chi connectivity index (χ3n) is 4.03. The van der Waals surface area contributed by atoms with Crippen LogP contribution < -0.4 is 16.3 Å². The first-order valence-corrected chi connectivity index (χ1v) is 7.86. The smallest absolute Gasteiger partial charge is 0.362 e. The molecule has 0 radical (unpaired) electrons. The van der Waals surface area contributed by atoms with Crippen LogP contribution in [-0.4, -0.2) is 16.9 Å². The Kier molecular flexibility index (Phi) is 3.37. The van der Waals surface area contributed by atoms with Gasteiger partial charge >= 0.3 is 5.63 Å². The summed E-state index contributed by atoms with van der Waals surface area (Å²) >= 11 is 0. The monoisotopic (exact) mass is 311 g/mol. The highest BCUT2D eigenvalue weighted by atomic mass is 16.4. The summed E-state index contributed by atoms with van der Waals surface area (Å²) in [5, 5.41) is 6.03. The summed E-state index contributed by atoms with van der Waals surface area (Å²) in [7, 11) is 0. The molecule has 2 fully saturated rings. The zero-order valence-electron chi connectivity index (χ0n) is 12.5. The van der Waals surface area contributed by atoms with Crippen LogP contribution in [0.5, 0.6) is 0 Å². The molecule has 0 aliphatic heterocycles. The lowest BCUT2D eigenvalue weighted by molar-refractivity contribution is -0.117. The molecule has 2 aromatic rings. The van der Waals surface area contributed by atoms with Crippen LogP contribution in [0.2, 0.25) is 0 Å².